The molecule has 1 aromatic heterocycles. The number of benzene rings is 2. The van der Waals surface area contributed by atoms with Crippen LogP contribution in [0.2, 0.25) is 0 Å². The Morgan fingerprint density at radius 3 is 2.39 bits per heavy atom. The molecule has 0 fully saturated rings. The first-order valence-corrected chi connectivity index (χ1v) is 10.2. The number of carbonyl (C=O) groups is 2. The van der Waals surface area contributed by atoms with Gasteiger partial charge >= 0.3 is 0 Å². The number of nitrogens with two attached hydrogens (primary N) is 1. The van der Waals surface area contributed by atoms with E-state index in [-0.39, 0.29) is 18.4 Å². The lowest BCUT2D eigenvalue weighted by atomic mass is 10.0. The van der Waals surface area contributed by atoms with E-state index in [0.29, 0.717) is 22.7 Å². The summed E-state index contributed by atoms with van der Waals surface area (Å²) >= 11 is 0. The monoisotopic (exact) mass is 417 g/mol. The first-order chi connectivity index (χ1) is 14.8. The first-order valence-electron chi connectivity index (χ1n) is 10.2. The lowest BCUT2D eigenvalue weighted by molar-refractivity contribution is -0.119. The summed E-state index contributed by atoms with van der Waals surface area (Å²) in [6, 6.07) is 16.6. The Bertz CT molecular complexity index is 1110. The molecule has 0 unspecified atom stereocenters. The molecule has 0 aliphatic rings. The third-order valence-electron chi connectivity index (χ3n) is 4.86. The maximum Gasteiger partial charge on any atom is 0.247 e. The van der Waals surface area contributed by atoms with E-state index in [4.69, 9.17) is 5.73 Å². The minimum Gasteiger partial charge on any atom is -0.368 e. The molecule has 3 aromatic rings. The topological polar surface area (TPSA) is 110 Å². The number of amides is 2. The first kappa shape index (κ1) is 22.0. The number of fused-ring (bicyclic) bond motifs is 1. The maximum atomic E-state index is 12.5. The Balaban J connectivity index is 1.81. The Hall–Kier alpha value is -3.74. The normalized spacial score (nSPS) is 12.6. The second kappa shape index (κ2) is 9.84. The molecule has 3 rings (SSSR count). The number of rotatable bonds is 8. The minimum atomic E-state index is -0.572. The smallest absolute Gasteiger partial charge is 0.247 e. The fourth-order valence-corrected chi connectivity index (χ4v) is 3.19. The van der Waals surface area contributed by atoms with Gasteiger partial charge in [-0.25, -0.2) is 9.97 Å². The van der Waals surface area contributed by atoms with Crippen LogP contribution in [0.3, 0.4) is 0 Å². The highest BCUT2D eigenvalue weighted by Crippen LogP contribution is 2.22. The number of hydrogen-bond acceptors (Lipinski definition) is 5. The van der Waals surface area contributed by atoms with Crippen molar-refractivity contribution in [3.63, 3.8) is 0 Å². The second-order valence-electron chi connectivity index (χ2n) is 7.69. The third kappa shape index (κ3) is 5.66. The molecule has 0 saturated carbocycles. The zero-order valence-corrected chi connectivity index (χ0v) is 17.9. The Morgan fingerprint density at radius 2 is 1.71 bits per heavy atom. The van der Waals surface area contributed by atoms with Crippen LogP contribution in [0.25, 0.3) is 17.0 Å². The van der Waals surface area contributed by atoms with Crippen LogP contribution in [0.15, 0.2) is 60.2 Å². The van der Waals surface area contributed by atoms with Gasteiger partial charge in [0.15, 0.2) is 5.82 Å². The van der Waals surface area contributed by atoms with E-state index in [0.717, 1.165) is 10.9 Å². The highest BCUT2D eigenvalue weighted by molar-refractivity contribution is 5.97. The van der Waals surface area contributed by atoms with Crippen molar-refractivity contribution < 1.29 is 9.59 Å². The van der Waals surface area contributed by atoms with Gasteiger partial charge in [0, 0.05) is 11.0 Å². The predicted octanol–water partition coefficient (Wildman–Crippen LogP) is 3.27. The van der Waals surface area contributed by atoms with Gasteiger partial charge in [-0.3, -0.25) is 9.59 Å². The van der Waals surface area contributed by atoms with Gasteiger partial charge in [-0.1, -0.05) is 56.3 Å². The third-order valence-corrected chi connectivity index (χ3v) is 4.86. The molecule has 2 aromatic carbocycles. The van der Waals surface area contributed by atoms with Crippen LogP contribution in [-0.2, 0) is 16.1 Å². The fraction of sp³-hybridized carbons (Fsp3) is 0.250. The molecule has 7 nitrogen and oxygen atoms in total. The van der Waals surface area contributed by atoms with Crippen molar-refractivity contribution in [3.8, 4) is 0 Å². The van der Waals surface area contributed by atoms with E-state index in [1.165, 1.54) is 0 Å². The van der Waals surface area contributed by atoms with E-state index in [2.05, 4.69) is 20.6 Å². The SMILES string of the molecule is C/C(=C\c1ccccc1)C(=O)NCc1nc(N[C@H](C(N)=O)C(C)C)c2ccccc2n1. The molecule has 0 saturated heterocycles. The molecule has 2 amide bonds. The number of anilines is 1. The van der Waals surface area contributed by atoms with Gasteiger partial charge in [0.2, 0.25) is 11.8 Å². The molecule has 0 bridgehead atoms. The molecule has 160 valence electrons. The van der Waals surface area contributed by atoms with Crippen LogP contribution in [-0.4, -0.2) is 27.8 Å². The van der Waals surface area contributed by atoms with Crippen molar-refractivity contribution in [1.82, 2.24) is 15.3 Å². The molecule has 0 aliphatic carbocycles. The quantitative estimate of drug-likeness (QED) is 0.487. The molecule has 31 heavy (non-hydrogen) atoms. The minimum absolute atomic E-state index is 0.0137. The molecule has 4 N–H and O–H groups in total. The van der Waals surface area contributed by atoms with E-state index >= 15 is 0 Å². The zero-order chi connectivity index (χ0) is 22.4. The molecular formula is C24H27N5O2. The van der Waals surface area contributed by atoms with Gasteiger partial charge in [0.1, 0.15) is 11.9 Å². The van der Waals surface area contributed by atoms with Crippen LogP contribution < -0.4 is 16.4 Å². The van der Waals surface area contributed by atoms with Crippen LogP contribution in [0.1, 0.15) is 32.2 Å². The number of nitrogens with one attached hydrogen (secondary N) is 2. The lowest BCUT2D eigenvalue weighted by Gasteiger charge is -2.21. The molecule has 0 radical (unpaired) electrons. The van der Waals surface area contributed by atoms with Crippen molar-refractivity contribution >= 4 is 34.6 Å². The molecule has 0 aliphatic heterocycles. The summed E-state index contributed by atoms with van der Waals surface area (Å²) in [5.41, 5.74) is 7.81. The summed E-state index contributed by atoms with van der Waals surface area (Å²) in [7, 11) is 0. The van der Waals surface area contributed by atoms with Crippen molar-refractivity contribution in [2.24, 2.45) is 11.7 Å². The predicted molar refractivity (Wildman–Crippen MR) is 123 cm³/mol. The van der Waals surface area contributed by atoms with E-state index in [1.807, 2.05) is 74.5 Å². The molecule has 1 atom stereocenters. The number of aromatic nitrogens is 2. The summed E-state index contributed by atoms with van der Waals surface area (Å²) in [6.07, 6.45) is 1.82. The molecular weight excluding hydrogens is 390 g/mol. The number of nitrogens with zero attached hydrogens (tertiary/aromatic N) is 2. The van der Waals surface area contributed by atoms with Crippen LogP contribution in [0.5, 0.6) is 0 Å². The van der Waals surface area contributed by atoms with Gasteiger partial charge in [-0.2, -0.15) is 0 Å². The number of carbonyl (C=O) groups excluding carboxylic acids is 2. The Morgan fingerprint density at radius 1 is 1.03 bits per heavy atom. The van der Waals surface area contributed by atoms with Crippen molar-refractivity contribution in [3.05, 3.63) is 71.6 Å². The van der Waals surface area contributed by atoms with Gasteiger partial charge in [-0.15, -0.1) is 0 Å². The average Bonchev–Trinajstić information content (AvgIpc) is 2.75. The summed E-state index contributed by atoms with van der Waals surface area (Å²) in [4.78, 5) is 33.5. The van der Waals surface area contributed by atoms with Gasteiger partial charge < -0.3 is 16.4 Å². The van der Waals surface area contributed by atoms with Gasteiger partial charge in [0.05, 0.1) is 12.1 Å². The van der Waals surface area contributed by atoms with Gasteiger partial charge in [0.25, 0.3) is 0 Å². The number of primary amides is 1. The Labute approximate surface area is 181 Å². The van der Waals surface area contributed by atoms with E-state index < -0.39 is 11.9 Å². The maximum absolute atomic E-state index is 12.5. The van der Waals surface area contributed by atoms with E-state index in [1.54, 1.807) is 6.92 Å². The summed E-state index contributed by atoms with van der Waals surface area (Å²) < 4.78 is 0. The Kier molecular flexibility index (Phi) is 6.97. The number of hydrogen-bond donors (Lipinski definition) is 3. The summed E-state index contributed by atoms with van der Waals surface area (Å²) in [5.74, 6) is 0.291. The largest absolute Gasteiger partial charge is 0.368 e. The van der Waals surface area contributed by atoms with Gasteiger partial charge in [-0.05, 0) is 36.6 Å². The summed E-state index contributed by atoms with van der Waals surface area (Å²) in [5, 5.41) is 6.79. The van der Waals surface area contributed by atoms with Crippen LogP contribution in [0.4, 0.5) is 5.82 Å². The fourth-order valence-electron chi connectivity index (χ4n) is 3.19. The standard InChI is InChI=1S/C24H27N5O2/c1-15(2)21(22(25)30)29-23-18-11-7-8-12-19(18)27-20(28-23)14-26-24(31)16(3)13-17-9-5-4-6-10-17/h4-13,15,21H,14H2,1-3H3,(H2,25,30)(H,26,31)(H,27,28,29)/b16-13+/t21-/m0/s1. The summed E-state index contributed by atoms with van der Waals surface area (Å²) in [6.45, 7) is 5.74. The molecule has 0 spiro atoms. The van der Waals surface area contributed by atoms with Crippen molar-refractivity contribution in [1.29, 1.82) is 0 Å². The molecule has 1 heterocycles. The average molecular weight is 418 g/mol. The van der Waals surface area contributed by atoms with Crippen molar-refractivity contribution in [2.75, 3.05) is 5.32 Å². The van der Waals surface area contributed by atoms with Crippen LogP contribution >= 0.6 is 0 Å². The highest BCUT2D eigenvalue weighted by Gasteiger charge is 2.21. The van der Waals surface area contributed by atoms with Crippen molar-refractivity contribution in [2.45, 2.75) is 33.4 Å². The van der Waals surface area contributed by atoms with Crippen LogP contribution in [0, 0.1) is 5.92 Å². The molecule has 7 heteroatoms. The highest BCUT2D eigenvalue weighted by atomic mass is 16.2. The van der Waals surface area contributed by atoms with E-state index in [9.17, 15) is 9.59 Å². The second-order valence-corrected chi connectivity index (χ2v) is 7.69. The number of para-hydroxylation sites is 1. The lowest BCUT2D eigenvalue weighted by Crippen LogP contribution is -2.40. The zero-order valence-electron chi connectivity index (χ0n) is 17.9.